The Bertz CT molecular complexity index is 222. The van der Waals surface area contributed by atoms with Gasteiger partial charge in [0.1, 0.15) is 0 Å². The first-order valence-electron chi connectivity index (χ1n) is 4.08. The molecule has 0 saturated heterocycles. The van der Waals surface area contributed by atoms with Crippen molar-refractivity contribution in [3.8, 4) is 0 Å². The lowest BCUT2D eigenvalue weighted by Crippen LogP contribution is -2.07. The van der Waals surface area contributed by atoms with Crippen molar-refractivity contribution < 1.29 is 17.7 Å². The molecule has 0 heterocycles. The second-order valence-electron chi connectivity index (χ2n) is 2.62. The van der Waals surface area contributed by atoms with Crippen molar-refractivity contribution in [2.24, 2.45) is 0 Å². The van der Waals surface area contributed by atoms with Gasteiger partial charge in [-0.15, -0.1) is 0 Å². The van der Waals surface area contributed by atoms with Crippen LogP contribution < -0.4 is 0 Å². The number of hydrogen-bond acceptors (Lipinski definition) is 3. The highest BCUT2D eigenvalue weighted by Gasteiger charge is 2.07. The second kappa shape index (κ2) is 6.80. The smallest absolute Gasteiger partial charge is 0.339 e. The molecule has 0 fully saturated rings. The molecule has 4 nitrogen and oxygen atoms in total. The van der Waals surface area contributed by atoms with E-state index in [2.05, 4.69) is 4.18 Å². The molecule has 76 valence electrons. The fraction of sp³-hybridized carbons (Fsp3) is 0.625. The number of hydrogen-bond donors (Lipinski definition) is 1. The van der Waals surface area contributed by atoms with Gasteiger partial charge in [-0.25, -0.2) is 4.79 Å². The predicted octanol–water partition coefficient (Wildman–Crippen LogP) is 1.80. The Morgan fingerprint density at radius 2 is 2.23 bits per heavy atom. The molecule has 1 N–H and O–H groups in total. The van der Waals surface area contributed by atoms with Crippen molar-refractivity contribution in [1.82, 2.24) is 0 Å². The predicted molar refractivity (Wildman–Crippen MR) is 50.1 cm³/mol. The van der Waals surface area contributed by atoms with Crippen molar-refractivity contribution in [2.45, 2.75) is 33.1 Å². The summed E-state index contributed by atoms with van der Waals surface area (Å²) in [4.78, 5) is 10.9. The van der Waals surface area contributed by atoms with E-state index in [9.17, 15) is 9.00 Å². The van der Waals surface area contributed by atoms with Crippen LogP contribution in [0.15, 0.2) is 11.6 Å². The van der Waals surface area contributed by atoms with E-state index >= 15 is 0 Å². The van der Waals surface area contributed by atoms with E-state index < -0.39 is 17.3 Å². The van der Waals surface area contributed by atoms with E-state index in [1.807, 2.05) is 6.92 Å². The highest BCUT2D eigenvalue weighted by atomic mass is 32.2. The number of carbonyl (C=O) groups is 1. The second-order valence-corrected chi connectivity index (χ2v) is 3.22. The van der Waals surface area contributed by atoms with Gasteiger partial charge in [0.05, 0.1) is 0 Å². The van der Waals surface area contributed by atoms with E-state index in [0.717, 1.165) is 19.3 Å². The molecule has 0 aromatic heterocycles. The molecule has 0 aliphatic rings. The largest absolute Gasteiger partial charge is 0.360 e. The summed E-state index contributed by atoms with van der Waals surface area (Å²) in [7, 11) is 0. The minimum absolute atomic E-state index is 0.371. The van der Waals surface area contributed by atoms with Crippen LogP contribution in [0.5, 0.6) is 0 Å². The van der Waals surface area contributed by atoms with E-state index in [1.54, 1.807) is 13.0 Å². The van der Waals surface area contributed by atoms with E-state index in [4.69, 9.17) is 4.55 Å². The van der Waals surface area contributed by atoms with Crippen LogP contribution in [-0.2, 0) is 20.3 Å². The molecule has 1 atom stereocenters. The van der Waals surface area contributed by atoms with Crippen molar-refractivity contribution in [1.29, 1.82) is 0 Å². The van der Waals surface area contributed by atoms with Crippen LogP contribution in [0, 0.1) is 0 Å². The number of unbranched alkanes of at least 4 members (excludes halogenated alkanes) is 2. The summed E-state index contributed by atoms with van der Waals surface area (Å²) < 4.78 is 22.4. The van der Waals surface area contributed by atoms with Crippen molar-refractivity contribution in [3.63, 3.8) is 0 Å². The SMILES string of the molecule is CCCCC=C(C)C(=O)OS(=O)O. The molecular weight excluding hydrogens is 192 g/mol. The van der Waals surface area contributed by atoms with Crippen molar-refractivity contribution in [3.05, 3.63) is 11.6 Å². The molecule has 0 aliphatic carbocycles. The van der Waals surface area contributed by atoms with Crippen LogP contribution in [0.4, 0.5) is 0 Å². The lowest BCUT2D eigenvalue weighted by Gasteiger charge is -1.98. The number of allylic oxidation sites excluding steroid dienone is 1. The van der Waals surface area contributed by atoms with Crippen molar-refractivity contribution >= 4 is 17.3 Å². The van der Waals surface area contributed by atoms with Crippen LogP contribution in [0.3, 0.4) is 0 Å². The van der Waals surface area contributed by atoms with Gasteiger partial charge in [-0.2, -0.15) is 4.21 Å². The Morgan fingerprint density at radius 1 is 1.62 bits per heavy atom. The maximum atomic E-state index is 10.9. The van der Waals surface area contributed by atoms with Crippen LogP contribution in [0.25, 0.3) is 0 Å². The summed E-state index contributed by atoms with van der Waals surface area (Å²) >= 11 is -2.51. The van der Waals surface area contributed by atoms with Gasteiger partial charge >= 0.3 is 17.3 Å². The van der Waals surface area contributed by atoms with Gasteiger partial charge in [0.2, 0.25) is 0 Å². The molecule has 0 bridgehead atoms. The van der Waals surface area contributed by atoms with Gasteiger partial charge in [0.25, 0.3) is 0 Å². The zero-order valence-electron chi connectivity index (χ0n) is 7.78. The first kappa shape index (κ1) is 12.3. The number of carbonyl (C=O) groups excluding carboxylic acids is 1. The Labute approximate surface area is 80.5 Å². The van der Waals surface area contributed by atoms with Crippen molar-refractivity contribution in [2.75, 3.05) is 0 Å². The van der Waals surface area contributed by atoms with Gasteiger partial charge in [0, 0.05) is 5.57 Å². The first-order chi connectivity index (χ1) is 6.07. The standard InChI is InChI=1S/C8H14O4S/c1-3-4-5-6-7(2)8(9)12-13(10)11/h6H,3-5H2,1-2H3,(H,10,11). The van der Waals surface area contributed by atoms with Crippen LogP contribution in [-0.4, -0.2) is 14.7 Å². The fourth-order valence-corrected chi connectivity index (χ4v) is 0.997. The molecule has 0 rings (SSSR count). The summed E-state index contributed by atoms with van der Waals surface area (Å²) in [5.74, 6) is -0.739. The molecule has 13 heavy (non-hydrogen) atoms. The summed E-state index contributed by atoms with van der Waals surface area (Å²) in [6, 6.07) is 0. The zero-order chi connectivity index (χ0) is 10.3. The summed E-state index contributed by atoms with van der Waals surface area (Å²) in [5, 5.41) is 0. The van der Waals surface area contributed by atoms with E-state index in [1.165, 1.54) is 0 Å². The summed E-state index contributed by atoms with van der Waals surface area (Å²) in [6.07, 6.45) is 4.53. The average molecular weight is 206 g/mol. The van der Waals surface area contributed by atoms with Gasteiger partial charge in [-0.05, 0) is 13.3 Å². The molecule has 0 amide bonds. The topological polar surface area (TPSA) is 63.6 Å². The van der Waals surface area contributed by atoms with E-state index in [-0.39, 0.29) is 0 Å². The van der Waals surface area contributed by atoms with Crippen LogP contribution in [0.1, 0.15) is 33.1 Å². The first-order valence-corrected chi connectivity index (χ1v) is 5.11. The molecule has 0 aromatic rings. The van der Waals surface area contributed by atoms with E-state index in [0.29, 0.717) is 5.57 Å². The lowest BCUT2D eigenvalue weighted by molar-refractivity contribution is -0.129. The average Bonchev–Trinajstić information content (AvgIpc) is 2.03. The lowest BCUT2D eigenvalue weighted by atomic mass is 10.2. The Balaban J connectivity index is 3.93. The van der Waals surface area contributed by atoms with Gasteiger partial charge < -0.3 is 4.18 Å². The molecule has 0 aliphatic heterocycles. The Morgan fingerprint density at radius 3 is 2.69 bits per heavy atom. The third-order valence-electron chi connectivity index (χ3n) is 1.48. The molecule has 0 aromatic carbocycles. The zero-order valence-corrected chi connectivity index (χ0v) is 8.60. The highest BCUT2D eigenvalue weighted by molar-refractivity contribution is 7.74. The van der Waals surface area contributed by atoms with Gasteiger partial charge in [-0.3, -0.25) is 4.55 Å². The van der Waals surface area contributed by atoms with Crippen LogP contribution in [0.2, 0.25) is 0 Å². The third kappa shape index (κ3) is 6.48. The minimum atomic E-state index is -2.51. The van der Waals surface area contributed by atoms with Gasteiger partial charge in [-0.1, -0.05) is 25.8 Å². The van der Waals surface area contributed by atoms with Crippen LogP contribution >= 0.6 is 0 Å². The maximum Gasteiger partial charge on any atom is 0.360 e. The molecule has 5 heteroatoms. The maximum absolute atomic E-state index is 10.9. The van der Waals surface area contributed by atoms with Gasteiger partial charge in [0.15, 0.2) is 0 Å². The highest BCUT2D eigenvalue weighted by Crippen LogP contribution is 2.03. The quantitative estimate of drug-likeness (QED) is 0.423. The minimum Gasteiger partial charge on any atom is -0.339 e. The monoisotopic (exact) mass is 206 g/mol. The normalized spacial score (nSPS) is 13.9. The molecule has 0 saturated carbocycles. The summed E-state index contributed by atoms with van der Waals surface area (Å²) in [6.45, 7) is 3.61. The third-order valence-corrected chi connectivity index (χ3v) is 1.77. The Hall–Kier alpha value is -0.680. The number of rotatable bonds is 5. The Kier molecular flexibility index (Phi) is 6.44. The molecule has 0 radical (unpaired) electrons. The molecule has 1 unspecified atom stereocenters. The molecular formula is C8H14O4S. The molecule has 0 spiro atoms. The fourth-order valence-electron chi connectivity index (χ4n) is 0.736. The summed E-state index contributed by atoms with van der Waals surface area (Å²) in [5.41, 5.74) is 0.371.